The lowest BCUT2D eigenvalue weighted by Crippen LogP contribution is -3.10. The summed E-state index contributed by atoms with van der Waals surface area (Å²) in [5.41, 5.74) is 0. The molecule has 29 heavy (non-hydrogen) atoms. The fourth-order valence-corrected chi connectivity index (χ4v) is 3.95. The Morgan fingerprint density at radius 3 is 1.10 bits per heavy atom. The van der Waals surface area contributed by atoms with Crippen molar-refractivity contribution in [2.75, 3.05) is 14.1 Å². The summed E-state index contributed by atoms with van der Waals surface area (Å²) in [7, 11) is 4.73. The molecule has 1 unspecified atom stereocenters. The Balaban J connectivity index is 0. The molecule has 3 heteroatoms. The third-order valence-electron chi connectivity index (χ3n) is 5.88. The molecule has 1 atom stereocenters. The average molecular weight is 414 g/mol. The molecule has 176 valence electrons. The molecule has 0 aliphatic heterocycles. The van der Waals surface area contributed by atoms with Gasteiger partial charge in [-0.15, -0.1) is 0 Å². The summed E-state index contributed by atoms with van der Waals surface area (Å²) >= 11 is 0. The largest absolute Gasteiger partial charge is 0.550 e. The second-order valence-electron chi connectivity index (χ2n) is 9.15. The maximum absolute atomic E-state index is 8.89. The van der Waals surface area contributed by atoms with Crippen LogP contribution in [0.5, 0.6) is 0 Å². The van der Waals surface area contributed by atoms with Gasteiger partial charge in [0.15, 0.2) is 0 Å². The average Bonchev–Trinajstić information content (AvgIpc) is 2.66. The molecule has 0 aliphatic carbocycles. The topological polar surface area (TPSA) is 44.6 Å². The monoisotopic (exact) mass is 413 g/mol. The van der Waals surface area contributed by atoms with E-state index in [1.807, 2.05) is 0 Å². The van der Waals surface area contributed by atoms with Gasteiger partial charge in [0.05, 0.1) is 20.1 Å². The number of carbonyl (C=O) groups is 1. The van der Waals surface area contributed by atoms with Crippen LogP contribution < -0.4 is 10.0 Å². The lowest BCUT2D eigenvalue weighted by Gasteiger charge is -2.21. The van der Waals surface area contributed by atoms with Crippen molar-refractivity contribution in [3.63, 3.8) is 0 Å². The highest BCUT2D eigenvalue weighted by atomic mass is 16.4. The van der Waals surface area contributed by atoms with Crippen LogP contribution in [0.4, 0.5) is 0 Å². The molecule has 0 fully saturated rings. The second kappa shape index (κ2) is 25.5. The first-order valence-electron chi connectivity index (χ1n) is 12.9. The minimum absolute atomic E-state index is 0.907. The smallest absolute Gasteiger partial charge is 0.0870 e. The second-order valence-corrected chi connectivity index (χ2v) is 9.15. The van der Waals surface area contributed by atoms with Crippen LogP contribution in [-0.4, -0.2) is 26.1 Å². The van der Waals surface area contributed by atoms with E-state index in [1.54, 1.807) is 4.90 Å². The van der Waals surface area contributed by atoms with Crippen molar-refractivity contribution in [2.45, 2.75) is 149 Å². The molecule has 0 saturated heterocycles. The van der Waals surface area contributed by atoms with Gasteiger partial charge < -0.3 is 14.8 Å². The first-order chi connectivity index (χ1) is 14.0. The van der Waals surface area contributed by atoms with E-state index >= 15 is 0 Å². The van der Waals surface area contributed by atoms with Gasteiger partial charge >= 0.3 is 0 Å². The Kier molecular flexibility index (Phi) is 26.9. The number of hydrogen-bond acceptors (Lipinski definition) is 2. The van der Waals surface area contributed by atoms with Crippen molar-refractivity contribution >= 4 is 5.97 Å². The Hall–Kier alpha value is -0.570. The van der Waals surface area contributed by atoms with E-state index < -0.39 is 5.97 Å². The van der Waals surface area contributed by atoms with Crippen molar-refractivity contribution in [3.05, 3.63) is 0 Å². The van der Waals surface area contributed by atoms with Crippen molar-refractivity contribution < 1.29 is 14.8 Å². The van der Waals surface area contributed by atoms with Gasteiger partial charge in [-0.3, -0.25) is 0 Å². The molecule has 0 heterocycles. The maximum Gasteiger partial charge on any atom is 0.0870 e. The van der Waals surface area contributed by atoms with Crippen LogP contribution in [0.25, 0.3) is 0 Å². The van der Waals surface area contributed by atoms with Crippen molar-refractivity contribution in [2.24, 2.45) is 0 Å². The summed E-state index contributed by atoms with van der Waals surface area (Å²) in [6.45, 7) is 5.58. The van der Waals surface area contributed by atoms with E-state index in [2.05, 4.69) is 27.9 Å². The summed E-state index contributed by atoms with van der Waals surface area (Å²) in [6, 6.07) is 0.907. The zero-order valence-electron chi connectivity index (χ0n) is 20.8. The molecule has 0 radical (unpaired) electrons. The third-order valence-corrected chi connectivity index (χ3v) is 5.88. The molecule has 0 amide bonds. The van der Waals surface area contributed by atoms with Gasteiger partial charge in [-0.25, -0.2) is 0 Å². The minimum Gasteiger partial charge on any atom is -0.550 e. The normalized spacial score (nSPS) is 11.9. The molecule has 0 bridgehead atoms. The fourth-order valence-electron chi connectivity index (χ4n) is 3.95. The standard InChI is InChI=1S/C24H51N.C2H4O2/c1-5-7-9-11-13-15-17-19-21-23-24(25(3)4)22-20-18-16-14-12-10-8-6-2;1-2(3)4/h24H,5-23H2,1-4H3;1H3,(H,3,4). The molecule has 0 rings (SSSR count). The van der Waals surface area contributed by atoms with E-state index in [1.165, 1.54) is 122 Å². The van der Waals surface area contributed by atoms with Gasteiger partial charge in [0.2, 0.25) is 0 Å². The highest BCUT2D eigenvalue weighted by Crippen LogP contribution is 2.14. The lowest BCUT2D eigenvalue weighted by molar-refractivity contribution is -0.886. The molecule has 0 saturated carbocycles. The quantitative estimate of drug-likeness (QED) is 0.260. The van der Waals surface area contributed by atoms with Crippen molar-refractivity contribution in [1.29, 1.82) is 0 Å². The number of hydrogen-bond donors (Lipinski definition) is 1. The molecule has 3 nitrogen and oxygen atoms in total. The number of quaternary nitrogens is 1. The summed E-state index contributed by atoms with van der Waals surface area (Å²) in [6.07, 6.45) is 27.6. The first kappa shape index (κ1) is 30.6. The van der Waals surface area contributed by atoms with Gasteiger partial charge in [-0.1, -0.05) is 110 Å². The van der Waals surface area contributed by atoms with Gasteiger partial charge in [0.1, 0.15) is 0 Å². The minimum atomic E-state index is -1.08. The molecular formula is C26H55NO2. The Morgan fingerprint density at radius 1 is 0.621 bits per heavy atom. The van der Waals surface area contributed by atoms with Crippen molar-refractivity contribution in [3.8, 4) is 0 Å². The predicted molar refractivity (Wildman–Crippen MR) is 126 cm³/mol. The molecule has 0 aromatic heterocycles. The Labute approximate surface area is 184 Å². The lowest BCUT2D eigenvalue weighted by atomic mass is 9.99. The van der Waals surface area contributed by atoms with Crippen LogP contribution in [0.2, 0.25) is 0 Å². The van der Waals surface area contributed by atoms with Crippen LogP contribution in [-0.2, 0) is 4.79 Å². The van der Waals surface area contributed by atoms with Gasteiger partial charge in [-0.05, 0) is 32.6 Å². The molecule has 0 aromatic rings. The fraction of sp³-hybridized carbons (Fsp3) is 0.962. The highest BCUT2D eigenvalue weighted by molar-refractivity contribution is 5.60. The number of rotatable bonds is 20. The summed E-state index contributed by atoms with van der Waals surface area (Å²) in [5.74, 6) is -1.08. The Morgan fingerprint density at radius 2 is 0.862 bits per heavy atom. The number of carbonyl (C=O) groups excluding carboxylic acids is 1. The maximum atomic E-state index is 8.89. The van der Waals surface area contributed by atoms with Crippen LogP contribution in [0.1, 0.15) is 143 Å². The molecule has 1 N–H and O–H groups in total. The number of unbranched alkanes of at least 4 members (excludes halogenated alkanes) is 15. The summed E-state index contributed by atoms with van der Waals surface area (Å²) in [5, 5.41) is 8.89. The van der Waals surface area contributed by atoms with Crippen LogP contribution in [0, 0.1) is 0 Å². The van der Waals surface area contributed by atoms with Crippen molar-refractivity contribution in [1.82, 2.24) is 0 Å². The number of carboxylic acids is 1. The van der Waals surface area contributed by atoms with Gasteiger partial charge in [-0.2, -0.15) is 0 Å². The predicted octanol–water partition coefficient (Wildman–Crippen LogP) is 5.71. The Bertz CT molecular complexity index is 314. The SMILES string of the molecule is CC(=O)[O-].CCCCCCCCCCCC(CCCCCCCCCC)[NH+](C)C. The van der Waals surface area contributed by atoms with E-state index in [0.717, 1.165) is 13.0 Å². The van der Waals surface area contributed by atoms with Gasteiger partial charge in [0.25, 0.3) is 0 Å². The number of nitrogens with one attached hydrogen (secondary N) is 1. The molecule has 0 spiro atoms. The highest BCUT2D eigenvalue weighted by Gasteiger charge is 2.13. The van der Waals surface area contributed by atoms with E-state index in [9.17, 15) is 0 Å². The molecular weight excluding hydrogens is 358 g/mol. The van der Waals surface area contributed by atoms with E-state index in [0.29, 0.717) is 0 Å². The number of aliphatic carboxylic acids is 1. The summed E-state index contributed by atoms with van der Waals surface area (Å²) in [4.78, 5) is 10.6. The van der Waals surface area contributed by atoms with E-state index in [-0.39, 0.29) is 0 Å². The number of carboxylic acid groups (broad SMARTS) is 1. The van der Waals surface area contributed by atoms with E-state index in [4.69, 9.17) is 9.90 Å². The van der Waals surface area contributed by atoms with Gasteiger partial charge in [0, 0.05) is 5.97 Å². The summed E-state index contributed by atoms with van der Waals surface area (Å²) < 4.78 is 0. The van der Waals surface area contributed by atoms with Crippen LogP contribution in [0.3, 0.4) is 0 Å². The van der Waals surface area contributed by atoms with Crippen LogP contribution >= 0.6 is 0 Å². The molecule has 0 aromatic carbocycles. The zero-order valence-corrected chi connectivity index (χ0v) is 20.8. The first-order valence-corrected chi connectivity index (χ1v) is 12.9. The zero-order chi connectivity index (χ0) is 22.2. The molecule has 0 aliphatic rings. The third kappa shape index (κ3) is 29.7. The van der Waals surface area contributed by atoms with Crippen LogP contribution in [0.15, 0.2) is 0 Å².